The maximum Gasteiger partial charge on any atom is 0.266 e. The minimum atomic E-state index is -0.398. The number of carbonyl (C=O) groups excluding carboxylic acids is 3. The van der Waals surface area contributed by atoms with E-state index in [9.17, 15) is 14.4 Å². The second-order valence-electron chi connectivity index (χ2n) is 9.54. The number of carbonyl (C=O) groups is 3. The van der Waals surface area contributed by atoms with Gasteiger partial charge in [0.2, 0.25) is 0 Å². The fourth-order valence-electron chi connectivity index (χ4n) is 4.96. The minimum absolute atomic E-state index is 0.0702. The molecule has 5 rings (SSSR count). The molecule has 0 aliphatic carbocycles. The van der Waals surface area contributed by atoms with Crippen LogP contribution < -0.4 is 4.90 Å². The Morgan fingerprint density at radius 1 is 1.00 bits per heavy atom. The topological polar surface area (TPSA) is 74.1 Å². The first-order valence-electron chi connectivity index (χ1n) is 12.0. The highest BCUT2D eigenvalue weighted by molar-refractivity contribution is 6.35. The number of likely N-dealkylation sites (tertiary alicyclic amines) is 1. The number of piperidine rings is 1. The molecule has 2 aliphatic rings. The van der Waals surface area contributed by atoms with Gasteiger partial charge in [-0.1, -0.05) is 12.1 Å². The number of nitrogens with zero attached hydrogens (tertiary/aromatic N) is 3. The summed E-state index contributed by atoms with van der Waals surface area (Å²) in [5.41, 5.74) is 3.37. The molecular weight excluding hydrogens is 442 g/mol. The number of benzene rings is 2. The van der Waals surface area contributed by atoms with Gasteiger partial charge in [0, 0.05) is 11.6 Å². The Labute approximate surface area is 204 Å². The van der Waals surface area contributed by atoms with Crippen LogP contribution in [0.2, 0.25) is 0 Å². The molecule has 1 aromatic heterocycles. The SMILES string of the molecule is Cc1ccc(C)c(N2C(=O)c3ccc(C(=O)N(Cc4ccco4)C4CCN(C)CC4)cc3C2=O)c1. The molecule has 0 unspecified atom stereocenters. The first kappa shape index (κ1) is 23.1. The molecule has 0 spiro atoms. The zero-order valence-electron chi connectivity index (χ0n) is 20.3. The first-order chi connectivity index (χ1) is 16.8. The van der Waals surface area contributed by atoms with Gasteiger partial charge >= 0.3 is 0 Å². The van der Waals surface area contributed by atoms with Crippen LogP contribution in [0.1, 0.15) is 60.8 Å². The molecule has 0 bridgehead atoms. The van der Waals surface area contributed by atoms with Gasteiger partial charge in [0.15, 0.2) is 0 Å². The van der Waals surface area contributed by atoms with E-state index in [1.807, 2.05) is 49.1 Å². The number of rotatable bonds is 5. The smallest absolute Gasteiger partial charge is 0.266 e. The fraction of sp³-hybridized carbons (Fsp3) is 0.321. The number of furan rings is 1. The highest BCUT2D eigenvalue weighted by atomic mass is 16.3. The molecule has 7 nitrogen and oxygen atoms in total. The van der Waals surface area contributed by atoms with E-state index in [1.54, 1.807) is 24.5 Å². The quantitative estimate of drug-likeness (QED) is 0.515. The molecule has 180 valence electrons. The van der Waals surface area contributed by atoms with Crippen molar-refractivity contribution in [2.24, 2.45) is 0 Å². The van der Waals surface area contributed by atoms with Crippen LogP contribution in [0.4, 0.5) is 5.69 Å². The van der Waals surface area contributed by atoms with Crippen molar-refractivity contribution in [3.63, 3.8) is 0 Å². The van der Waals surface area contributed by atoms with Crippen LogP contribution in [0.3, 0.4) is 0 Å². The van der Waals surface area contributed by atoms with Crippen LogP contribution in [0.5, 0.6) is 0 Å². The normalized spacial score (nSPS) is 16.6. The fourth-order valence-corrected chi connectivity index (χ4v) is 4.96. The van der Waals surface area contributed by atoms with E-state index in [0.29, 0.717) is 29.1 Å². The third-order valence-corrected chi connectivity index (χ3v) is 7.04. The molecule has 3 aromatic rings. The third kappa shape index (κ3) is 4.28. The van der Waals surface area contributed by atoms with Crippen LogP contribution in [0.15, 0.2) is 59.2 Å². The molecular formula is C28H29N3O4. The molecule has 0 saturated carbocycles. The zero-order chi connectivity index (χ0) is 24.7. The van der Waals surface area contributed by atoms with Crippen molar-refractivity contribution in [3.05, 3.63) is 88.4 Å². The Morgan fingerprint density at radius 3 is 2.46 bits per heavy atom. The Kier molecular flexibility index (Phi) is 6.03. The van der Waals surface area contributed by atoms with Gasteiger partial charge in [-0.15, -0.1) is 0 Å². The summed E-state index contributed by atoms with van der Waals surface area (Å²) in [4.78, 5) is 45.6. The van der Waals surface area contributed by atoms with Gasteiger partial charge < -0.3 is 14.2 Å². The lowest BCUT2D eigenvalue weighted by molar-refractivity contribution is 0.0550. The van der Waals surface area contributed by atoms with E-state index in [2.05, 4.69) is 11.9 Å². The van der Waals surface area contributed by atoms with Crippen molar-refractivity contribution in [2.45, 2.75) is 39.3 Å². The van der Waals surface area contributed by atoms with Gasteiger partial charge in [-0.2, -0.15) is 0 Å². The van der Waals surface area contributed by atoms with Gasteiger partial charge in [-0.05, 0) is 94.4 Å². The van der Waals surface area contributed by atoms with Gasteiger partial charge in [-0.3, -0.25) is 14.4 Å². The lowest BCUT2D eigenvalue weighted by atomic mass is 10.0. The summed E-state index contributed by atoms with van der Waals surface area (Å²) >= 11 is 0. The largest absolute Gasteiger partial charge is 0.467 e. The number of imide groups is 1. The van der Waals surface area contributed by atoms with Crippen LogP contribution in [-0.2, 0) is 6.54 Å². The van der Waals surface area contributed by atoms with Crippen LogP contribution in [0, 0.1) is 13.8 Å². The van der Waals surface area contributed by atoms with E-state index >= 15 is 0 Å². The number of fused-ring (bicyclic) bond motifs is 1. The van der Waals surface area contributed by atoms with Crippen molar-refractivity contribution < 1.29 is 18.8 Å². The molecule has 0 N–H and O–H groups in total. The van der Waals surface area contributed by atoms with Gasteiger partial charge in [0.05, 0.1) is 29.6 Å². The first-order valence-corrected chi connectivity index (χ1v) is 12.0. The van der Waals surface area contributed by atoms with E-state index in [-0.39, 0.29) is 23.4 Å². The van der Waals surface area contributed by atoms with Gasteiger partial charge in [0.1, 0.15) is 5.76 Å². The van der Waals surface area contributed by atoms with E-state index in [0.717, 1.165) is 37.1 Å². The van der Waals surface area contributed by atoms with Gasteiger partial charge in [-0.25, -0.2) is 4.90 Å². The molecule has 2 aromatic carbocycles. The summed E-state index contributed by atoms with van der Waals surface area (Å²) in [5.74, 6) is -0.208. The summed E-state index contributed by atoms with van der Waals surface area (Å²) in [7, 11) is 2.08. The molecule has 3 heterocycles. The summed E-state index contributed by atoms with van der Waals surface area (Å²) in [6, 6.07) is 14.3. The second kappa shape index (κ2) is 9.15. The highest BCUT2D eigenvalue weighted by Crippen LogP contribution is 2.32. The zero-order valence-corrected chi connectivity index (χ0v) is 20.3. The van der Waals surface area contributed by atoms with Crippen LogP contribution in [-0.4, -0.2) is 53.7 Å². The second-order valence-corrected chi connectivity index (χ2v) is 9.54. The summed E-state index contributed by atoms with van der Waals surface area (Å²) < 4.78 is 5.54. The number of hydrogen-bond acceptors (Lipinski definition) is 5. The average molecular weight is 472 g/mol. The molecule has 1 saturated heterocycles. The molecule has 0 radical (unpaired) electrons. The monoisotopic (exact) mass is 471 g/mol. The van der Waals surface area contributed by atoms with Crippen molar-refractivity contribution >= 4 is 23.4 Å². The van der Waals surface area contributed by atoms with E-state index in [1.165, 1.54) is 4.90 Å². The number of aryl methyl sites for hydroxylation is 2. The van der Waals surface area contributed by atoms with Crippen molar-refractivity contribution in [2.75, 3.05) is 25.0 Å². The highest BCUT2D eigenvalue weighted by Gasteiger charge is 2.38. The minimum Gasteiger partial charge on any atom is -0.467 e. The molecule has 7 heteroatoms. The van der Waals surface area contributed by atoms with Crippen molar-refractivity contribution in [1.82, 2.24) is 9.80 Å². The maximum absolute atomic E-state index is 13.8. The van der Waals surface area contributed by atoms with E-state index < -0.39 is 5.91 Å². The summed E-state index contributed by atoms with van der Waals surface area (Å²) in [5, 5.41) is 0. The Balaban J connectivity index is 1.46. The van der Waals surface area contributed by atoms with E-state index in [4.69, 9.17) is 4.42 Å². The predicted molar refractivity (Wildman–Crippen MR) is 133 cm³/mol. The third-order valence-electron chi connectivity index (χ3n) is 7.04. The number of anilines is 1. The maximum atomic E-state index is 13.8. The van der Waals surface area contributed by atoms with Crippen molar-refractivity contribution in [1.29, 1.82) is 0 Å². The molecule has 3 amide bonds. The molecule has 2 aliphatic heterocycles. The lowest BCUT2D eigenvalue weighted by Crippen LogP contribution is -2.46. The molecule has 35 heavy (non-hydrogen) atoms. The standard InChI is InChI=1S/C28H29N3O4/c1-18-6-7-19(2)25(15-18)31-27(33)23-9-8-20(16-24(23)28(31)34)26(32)30(17-22-5-4-14-35-22)21-10-12-29(3)13-11-21/h4-9,14-16,21H,10-13,17H2,1-3H3. The van der Waals surface area contributed by atoms with Gasteiger partial charge in [0.25, 0.3) is 17.7 Å². The predicted octanol–water partition coefficient (Wildman–Crippen LogP) is 4.43. The number of hydrogen-bond donors (Lipinski definition) is 0. The Morgan fingerprint density at radius 2 is 1.74 bits per heavy atom. The Hall–Kier alpha value is -3.71. The molecule has 1 fully saturated rings. The van der Waals surface area contributed by atoms with Crippen molar-refractivity contribution in [3.8, 4) is 0 Å². The van der Waals surface area contributed by atoms with Crippen LogP contribution in [0.25, 0.3) is 0 Å². The molecule has 0 atom stereocenters. The summed E-state index contributed by atoms with van der Waals surface area (Å²) in [6.07, 6.45) is 3.34. The summed E-state index contributed by atoms with van der Waals surface area (Å²) in [6.45, 7) is 5.98. The lowest BCUT2D eigenvalue weighted by Gasteiger charge is -2.37. The average Bonchev–Trinajstić information content (AvgIpc) is 3.45. The Bertz CT molecular complexity index is 1290. The number of amides is 3. The van der Waals surface area contributed by atoms with Crippen LogP contribution >= 0.6 is 0 Å².